The number of benzene rings is 1. The fourth-order valence-electron chi connectivity index (χ4n) is 2.17. The summed E-state index contributed by atoms with van der Waals surface area (Å²) in [6.45, 7) is 2.71. The molecule has 0 saturated carbocycles. The molecule has 0 radical (unpaired) electrons. The SMILES string of the molecule is Cc1ccncc1Cn1cnc2cc(C(=O)O)ccc21. The standard InChI is InChI=1S/C15H13N3O2/c1-10-4-5-16-7-12(10)8-18-9-17-13-6-11(15(19)20)2-3-14(13)18/h2-7,9H,8H2,1H3,(H,19,20). The molecule has 3 rings (SSSR count). The molecule has 5 heteroatoms. The Morgan fingerprint density at radius 1 is 1.35 bits per heavy atom. The van der Waals surface area contributed by atoms with Crippen LogP contribution < -0.4 is 0 Å². The third-order valence-electron chi connectivity index (χ3n) is 3.36. The average Bonchev–Trinajstić information content (AvgIpc) is 2.84. The minimum absolute atomic E-state index is 0.250. The zero-order valence-corrected chi connectivity index (χ0v) is 10.9. The highest BCUT2D eigenvalue weighted by molar-refractivity contribution is 5.92. The smallest absolute Gasteiger partial charge is 0.335 e. The largest absolute Gasteiger partial charge is 0.478 e. The molecule has 0 spiro atoms. The van der Waals surface area contributed by atoms with Crippen molar-refractivity contribution in [3.8, 4) is 0 Å². The number of carbonyl (C=O) groups is 1. The zero-order valence-electron chi connectivity index (χ0n) is 10.9. The van der Waals surface area contributed by atoms with Crippen LogP contribution in [0.5, 0.6) is 0 Å². The van der Waals surface area contributed by atoms with Crippen LogP contribution >= 0.6 is 0 Å². The highest BCUT2D eigenvalue weighted by atomic mass is 16.4. The predicted molar refractivity (Wildman–Crippen MR) is 74.8 cm³/mol. The predicted octanol–water partition coefficient (Wildman–Crippen LogP) is 2.49. The Morgan fingerprint density at radius 2 is 2.20 bits per heavy atom. The maximum Gasteiger partial charge on any atom is 0.335 e. The number of hydrogen-bond donors (Lipinski definition) is 1. The van der Waals surface area contributed by atoms with Gasteiger partial charge in [-0.3, -0.25) is 4.98 Å². The lowest BCUT2D eigenvalue weighted by Gasteiger charge is -2.07. The first-order valence-electron chi connectivity index (χ1n) is 6.23. The van der Waals surface area contributed by atoms with E-state index >= 15 is 0 Å². The van der Waals surface area contributed by atoms with Crippen molar-refractivity contribution in [3.05, 3.63) is 59.7 Å². The number of carboxylic acids is 1. The summed E-state index contributed by atoms with van der Waals surface area (Å²) in [7, 11) is 0. The van der Waals surface area contributed by atoms with Gasteiger partial charge >= 0.3 is 5.97 Å². The van der Waals surface area contributed by atoms with Gasteiger partial charge in [0.1, 0.15) is 0 Å². The van der Waals surface area contributed by atoms with E-state index in [1.807, 2.05) is 23.8 Å². The Kier molecular flexibility index (Phi) is 2.95. The highest BCUT2D eigenvalue weighted by Crippen LogP contribution is 2.17. The topological polar surface area (TPSA) is 68.0 Å². The van der Waals surface area contributed by atoms with E-state index in [9.17, 15) is 4.79 Å². The van der Waals surface area contributed by atoms with Crippen molar-refractivity contribution >= 4 is 17.0 Å². The second-order valence-electron chi connectivity index (χ2n) is 4.68. The molecule has 2 heterocycles. The third-order valence-corrected chi connectivity index (χ3v) is 3.36. The first-order valence-corrected chi connectivity index (χ1v) is 6.23. The molecule has 0 unspecified atom stereocenters. The second-order valence-corrected chi connectivity index (χ2v) is 4.68. The minimum Gasteiger partial charge on any atom is -0.478 e. The van der Waals surface area contributed by atoms with Crippen LogP contribution in [0.4, 0.5) is 0 Å². The van der Waals surface area contributed by atoms with Gasteiger partial charge in [-0.1, -0.05) is 0 Å². The third kappa shape index (κ3) is 2.14. The monoisotopic (exact) mass is 267 g/mol. The molecule has 0 atom stereocenters. The number of aromatic carboxylic acids is 1. The van der Waals surface area contributed by atoms with Crippen LogP contribution in [0.3, 0.4) is 0 Å². The Bertz CT molecular complexity index is 793. The van der Waals surface area contributed by atoms with E-state index in [1.54, 1.807) is 30.7 Å². The summed E-state index contributed by atoms with van der Waals surface area (Å²) in [6.07, 6.45) is 5.33. The molecule has 0 aliphatic heterocycles. The number of aromatic nitrogens is 3. The van der Waals surface area contributed by atoms with E-state index in [1.165, 1.54) is 5.56 Å². The zero-order chi connectivity index (χ0) is 14.1. The van der Waals surface area contributed by atoms with E-state index in [0.717, 1.165) is 11.1 Å². The lowest BCUT2D eigenvalue weighted by Crippen LogP contribution is -2.01. The van der Waals surface area contributed by atoms with Gasteiger partial charge in [0.25, 0.3) is 0 Å². The fraction of sp³-hybridized carbons (Fsp3) is 0.133. The summed E-state index contributed by atoms with van der Waals surface area (Å²) in [6, 6.07) is 6.94. The van der Waals surface area contributed by atoms with Crippen LogP contribution in [0.25, 0.3) is 11.0 Å². The number of rotatable bonds is 3. The van der Waals surface area contributed by atoms with E-state index in [4.69, 9.17) is 5.11 Å². The molecule has 0 amide bonds. The van der Waals surface area contributed by atoms with Crippen molar-refractivity contribution in [1.29, 1.82) is 0 Å². The van der Waals surface area contributed by atoms with Gasteiger partial charge in [-0.2, -0.15) is 0 Å². The van der Waals surface area contributed by atoms with Gasteiger partial charge in [0.2, 0.25) is 0 Å². The molecule has 2 aromatic heterocycles. The van der Waals surface area contributed by atoms with Gasteiger partial charge in [-0.25, -0.2) is 9.78 Å². The first-order chi connectivity index (χ1) is 9.65. The number of pyridine rings is 1. The van der Waals surface area contributed by atoms with Gasteiger partial charge in [0.05, 0.1) is 29.5 Å². The molecular weight excluding hydrogens is 254 g/mol. The lowest BCUT2D eigenvalue weighted by molar-refractivity contribution is 0.0697. The van der Waals surface area contributed by atoms with Crippen molar-refractivity contribution in [3.63, 3.8) is 0 Å². The van der Waals surface area contributed by atoms with Gasteiger partial charge < -0.3 is 9.67 Å². The van der Waals surface area contributed by atoms with Crippen molar-refractivity contribution < 1.29 is 9.90 Å². The molecule has 1 aromatic carbocycles. The van der Waals surface area contributed by atoms with E-state index in [2.05, 4.69) is 9.97 Å². The van der Waals surface area contributed by atoms with Gasteiger partial charge in [0, 0.05) is 12.4 Å². The summed E-state index contributed by atoms with van der Waals surface area (Å²) < 4.78 is 1.99. The molecule has 0 aliphatic carbocycles. The molecular formula is C15H13N3O2. The molecule has 3 aromatic rings. The van der Waals surface area contributed by atoms with Crippen LogP contribution in [0, 0.1) is 6.92 Å². The molecule has 20 heavy (non-hydrogen) atoms. The maximum absolute atomic E-state index is 10.9. The summed E-state index contributed by atoms with van der Waals surface area (Å²) in [5, 5.41) is 8.98. The number of carboxylic acid groups (broad SMARTS) is 1. The van der Waals surface area contributed by atoms with E-state index < -0.39 is 5.97 Å². The average molecular weight is 267 g/mol. The maximum atomic E-state index is 10.9. The number of hydrogen-bond acceptors (Lipinski definition) is 3. The molecule has 1 N–H and O–H groups in total. The van der Waals surface area contributed by atoms with Crippen molar-refractivity contribution in [2.75, 3.05) is 0 Å². The van der Waals surface area contributed by atoms with Crippen LogP contribution in [-0.2, 0) is 6.54 Å². The van der Waals surface area contributed by atoms with E-state index in [0.29, 0.717) is 12.1 Å². The number of imidazole rings is 1. The molecule has 0 bridgehead atoms. The normalized spacial score (nSPS) is 10.8. The lowest BCUT2D eigenvalue weighted by atomic mass is 10.1. The first kappa shape index (κ1) is 12.3. The second kappa shape index (κ2) is 4.77. The van der Waals surface area contributed by atoms with Gasteiger partial charge in [0.15, 0.2) is 0 Å². The summed E-state index contributed by atoms with van der Waals surface area (Å²) >= 11 is 0. The minimum atomic E-state index is -0.940. The summed E-state index contributed by atoms with van der Waals surface area (Å²) in [5.41, 5.74) is 4.14. The van der Waals surface area contributed by atoms with Crippen molar-refractivity contribution in [2.24, 2.45) is 0 Å². The summed E-state index contributed by atoms with van der Waals surface area (Å²) in [4.78, 5) is 19.3. The molecule has 0 saturated heterocycles. The van der Waals surface area contributed by atoms with Crippen LogP contribution in [0.1, 0.15) is 21.5 Å². The number of nitrogens with zero attached hydrogens (tertiary/aromatic N) is 3. The van der Waals surface area contributed by atoms with Gasteiger partial charge in [-0.05, 0) is 42.3 Å². The Morgan fingerprint density at radius 3 is 2.95 bits per heavy atom. The van der Waals surface area contributed by atoms with Crippen molar-refractivity contribution in [2.45, 2.75) is 13.5 Å². The number of fused-ring (bicyclic) bond motifs is 1. The highest BCUT2D eigenvalue weighted by Gasteiger charge is 2.08. The van der Waals surface area contributed by atoms with Crippen LogP contribution in [0.2, 0.25) is 0 Å². The quantitative estimate of drug-likeness (QED) is 0.791. The Balaban J connectivity index is 2.01. The molecule has 100 valence electrons. The van der Waals surface area contributed by atoms with E-state index in [-0.39, 0.29) is 5.56 Å². The molecule has 0 aliphatic rings. The molecule has 5 nitrogen and oxygen atoms in total. The van der Waals surface area contributed by atoms with Crippen molar-refractivity contribution in [1.82, 2.24) is 14.5 Å². The Labute approximate surface area is 115 Å². The fourth-order valence-corrected chi connectivity index (χ4v) is 2.17. The summed E-state index contributed by atoms with van der Waals surface area (Å²) in [5.74, 6) is -0.940. The Hall–Kier alpha value is -2.69. The number of aryl methyl sites for hydroxylation is 1. The molecule has 0 fully saturated rings. The van der Waals surface area contributed by atoms with Gasteiger partial charge in [-0.15, -0.1) is 0 Å². The van der Waals surface area contributed by atoms with Crippen LogP contribution in [0.15, 0.2) is 43.0 Å². The van der Waals surface area contributed by atoms with Crippen LogP contribution in [-0.4, -0.2) is 25.6 Å².